The molecule has 4 aromatic rings. The van der Waals surface area contributed by atoms with Gasteiger partial charge < -0.3 is 9.88 Å². The summed E-state index contributed by atoms with van der Waals surface area (Å²) in [6.45, 7) is 5.71. The van der Waals surface area contributed by atoms with E-state index in [1.165, 1.54) is 23.8 Å². The molecule has 3 N–H and O–H groups in total. The molecule has 3 heterocycles. The van der Waals surface area contributed by atoms with Crippen LogP contribution in [-0.2, 0) is 4.79 Å². The maximum absolute atomic E-state index is 14.8. The Labute approximate surface area is 193 Å². The fraction of sp³-hybridized carbons (Fsp3) is 0.174. The monoisotopic (exact) mass is 465 g/mol. The van der Waals surface area contributed by atoms with Crippen LogP contribution in [0.15, 0.2) is 42.7 Å². The number of benzene rings is 1. The first-order chi connectivity index (χ1) is 16.3. The number of anilines is 2. The van der Waals surface area contributed by atoms with E-state index in [4.69, 9.17) is 5.21 Å². The Hall–Kier alpha value is -4.25. The van der Waals surface area contributed by atoms with Gasteiger partial charge in [0.1, 0.15) is 22.9 Å². The molecular formula is C23H21F2N7O2. The second-order valence-electron chi connectivity index (χ2n) is 7.75. The molecule has 1 amide bonds. The summed E-state index contributed by atoms with van der Waals surface area (Å²) in [5.74, 6) is -0.837. The van der Waals surface area contributed by atoms with Gasteiger partial charge in [0.15, 0.2) is 11.6 Å². The highest BCUT2D eigenvalue weighted by Gasteiger charge is 2.18. The van der Waals surface area contributed by atoms with Gasteiger partial charge in [-0.25, -0.2) is 34.2 Å². The summed E-state index contributed by atoms with van der Waals surface area (Å²) in [4.78, 5) is 27.7. The fourth-order valence-electron chi connectivity index (χ4n) is 3.59. The zero-order valence-corrected chi connectivity index (χ0v) is 18.5. The van der Waals surface area contributed by atoms with Crippen molar-refractivity contribution in [3.05, 3.63) is 65.8 Å². The van der Waals surface area contributed by atoms with Crippen molar-refractivity contribution >= 4 is 34.8 Å². The molecule has 11 heteroatoms. The van der Waals surface area contributed by atoms with Gasteiger partial charge in [-0.15, -0.1) is 0 Å². The molecule has 0 aliphatic carbocycles. The van der Waals surface area contributed by atoms with Crippen LogP contribution in [0.25, 0.3) is 28.4 Å². The highest BCUT2D eigenvalue weighted by atomic mass is 19.1. The van der Waals surface area contributed by atoms with Crippen LogP contribution in [0.4, 0.5) is 20.5 Å². The number of aryl methyl sites for hydroxylation is 1. The van der Waals surface area contributed by atoms with Gasteiger partial charge >= 0.3 is 0 Å². The van der Waals surface area contributed by atoms with Crippen LogP contribution in [0, 0.1) is 18.6 Å². The third kappa shape index (κ3) is 4.59. The highest BCUT2D eigenvalue weighted by molar-refractivity contribution is 5.90. The van der Waals surface area contributed by atoms with Crippen molar-refractivity contribution in [2.75, 3.05) is 5.32 Å². The lowest BCUT2D eigenvalue weighted by molar-refractivity contribution is -0.124. The molecule has 0 radical (unpaired) electrons. The van der Waals surface area contributed by atoms with Gasteiger partial charge in [0, 0.05) is 23.9 Å². The first-order valence-electron chi connectivity index (χ1n) is 10.3. The molecule has 34 heavy (non-hydrogen) atoms. The summed E-state index contributed by atoms with van der Waals surface area (Å²) in [6, 6.07) is 6.18. The minimum absolute atomic E-state index is 0.0361. The van der Waals surface area contributed by atoms with Crippen LogP contribution in [0.1, 0.15) is 31.3 Å². The van der Waals surface area contributed by atoms with Gasteiger partial charge in [-0.2, -0.15) is 0 Å². The van der Waals surface area contributed by atoms with Gasteiger partial charge in [0.2, 0.25) is 5.95 Å². The number of imidazole rings is 1. The number of hydroxylamine groups is 1. The van der Waals surface area contributed by atoms with Crippen molar-refractivity contribution in [1.29, 1.82) is 0 Å². The molecular weight excluding hydrogens is 444 g/mol. The number of carbonyl (C=O) groups is 1. The second-order valence-corrected chi connectivity index (χ2v) is 7.75. The van der Waals surface area contributed by atoms with Gasteiger partial charge in [0.25, 0.3) is 5.91 Å². The lowest BCUT2D eigenvalue weighted by Gasteiger charge is -2.12. The third-order valence-corrected chi connectivity index (χ3v) is 5.02. The number of hydrogen-bond donors (Lipinski definition) is 3. The van der Waals surface area contributed by atoms with Crippen molar-refractivity contribution in [3.8, 4) is 11.3 Å². The smallest absolute Gasteiger partial charge is 0.267 e. The number of rotatable bonds is 6. The summed E-state index contributed by atoms with van der Waals surface area (Å²) >= 11 is 0. The quantitative estimate of drug-likeness (QED) is 0.221. The molecule has 4 rings (SSSR count). The summed E-state index contributed by atoms with van der Waals surface area (Å²) < 4.78 is 31.4. The van der Waals surface area contributed by atoms with Crippen LogP contribution in [0.3, 0.4) is 0 Å². The number of aromatic nitrogens is 5. The van der Waals surface area contributed by atoms with Crippen LogP contribution in [-0.4, -0.2) is 35.6 Å². The van der Waals surface area contributed by atoms with Crippen molar-refractivity contribution < 1.29 is 18.8 Å². The van der Waals surface area contributed by atoms with Crippen LogP contribution >= 0.6 is 0 Å². The molecule has 9 nitrogen and oxygen atoms in total. The number of amides is 1. The molecule has 0 fully saturated rings. The van der Waals surface area contributed by atoms with Crippen molar-refractivity contribution in [2.24, 2.45) is 0 Å². The maximum Gasteiger partial charge on any atom is 0.267 e. The summed E-state index contributed by atoms with van der Waals surface area (Å²) in [5.41, 5.74) is 3.06. The number of hydrogen-bond acceptors (Lipinski definition) is 7. The van der Waals surface area contributed by atoms with E-state index in [9.17, 15) is 13.6 Å². The Morgan fingerprint density at radius 3 is 2.59 bits per heavy atom. The van der Waals surface area contributed by atoms with Crippen LogP contribution < -0.4 is 10.8 Å². The summed E-state index contributed by atoms with van der Waals surface area (Å²) in [5, 5.41) is 11.4. The average Bonchev–Trinajstić information content (AvgIpc) is 3.16. The predicted octanol–water partition coefficient (Wildman–Crippen LogP) is 4.32. The number of pyridine rings is 1. The molecule has 0 saturated heterocycles. The van der Waals surface area contributed by atoms with Gasteiger partial charge in [-0.1, -0.05) is 0 Å². The SMILES string of the molecule is Cc1nc2c(F)cc(-c3nc(Nc4ccc(C=CC(=O)NO)cn4)ncc3F)cc2n1C(C)C. The lowest BCUT2D eigenvalue weighted by Crippen LogP contribution is -2.14. The summed E-state index contributed by atoms with van der Waals surface area (Å²) in [6.07, 6.45) is 5.08. The number of nitrogens with zero attached hydrogens (tertiary/aromatic N) is 5. The molecule has 0 atom stereocenters. The number of fused-ring (bicyclic) bond motifs is 1. The topological polar surface area (TPSA) is 118 Å². The Morgan fingerprint density at radius 1 is 1.12 bits per heavy atom. The lowest BCUT2D eigenvalue weighted by atomic mass is 10.1. The van der Waals surface area contributed by atoms with Crippen molar-refractivity contribution in [2.45, 2.75) is 26.8 Å². The van der Waals surface area contributed by atoms with Crippen molar-refractivity contribution in [1.82, 2.24) is 30.0 Å². The van der Waals surface area contributed by atoms with Crippen LogP contribution in [0.2, 0.25) is 0 Å². The minimum atomic E-state index is -0.702. The van der Waals surface area contributed by atoms with Crippen molar-refractivity contribution in [3.63, 3.8) is 0 Å². The Morgan fingerprint density at radius 2 is 1.91 bits per heavy atom. The fourth-order valence-corrected chi connectivity index (χ4v) is 3.59. The molecule has 0 unspecified atom stereocenters. The predicted molar refractivity (Wildman–Crippen MR) is 122 cm³/mol. The minimum Gasteiger partial charge on any atom is -0.326 e. The van der Waals surface area contributed by atoms with Gasteiger partial charge in [-0.3, -0.25) is 10.0 Å². The second kappa shape index (κ2) is 9.32. The Bertz CT molecular complexity index is 1400. The van der Waals surface area contributed by atoms with Crippen LogP contribution in [0.5, 0.6) is 0 Å². The summed E-state index contributed by atoms with van der Waals surface area (Å²) in [7, 11) is 0. The third-order valence-electron chi connectivity index (χ3n) is 5.02. The average molecular weight is 465 g/mol. The van der Waals surface area contributed by atoms with E-state index in [0.717, 1.165) is 12.3 Å². The first kappa shape index (κ1) is 22.9. The maximum atomic E-state index is 14.8. The van der Waals surface area contributed by atoms with Gasteiger partial charge in [-0.05, 0) is 56.7 Å². The Kier molecular flexibility index (Phi) is 6.28. The van der Waals surface area contributed by atoms with E-state index in [-0.39, 0.29) is 28.8 Å². The normalized spacial score (nSPS) is 11.5. The molecule has 3 aromatic heterocycles. The molecule has 1 aromatic carbocycles. The van der Waals surface area contributed by atoms with E-state index in [2.05, 4.69) is 25.3 Å². The molecule has 0 aliphatic heterocycles. The standard InChI is InChI=1S/C23H21F2N7O2/c1-12(2)32-13(3)28-22-16(24)8-15(9-18(22)32)21-17(25)11-27-23(30-21)29-19-6-4-14(10-26-19)5-7-20(33)31-34/h4-12,34H,1-3H3,(H,31,33)(H,26,27,29,30). The van der Waals surface area contributed by atoms with Gasteiger partial charge in [0.05, 0.1) is 11.7 Å². The largest absolute Gasteiger partial charge is 0.326 e. The zero-order chi connectivity index (χ0) is 24.4. The highest BCUT2D eigenvalue weighted by Crippen LogP contribution is 2.30. The number of nitrogens with one attached hydrogen (secondary N) is 2. The number of carbonyl (C=O) groups excluding carboxylic acids is 1. The van der Waals surface area contributed by atoms with E-state index in [1.807, 2.05) is 18.4 Å². The van der Waals surface area contributed by atoms with E-state index in [0.29, 0.717) is 22.7 Å². The number of halogens is 2. The zero-order valence-electron chi connectivity index (χ0n) is 18.5. The van der Waals surface area contributed by atoms with E-state index < -0.39 is 17.5 Å². The Balaban J connectivity index is 1.65. The molecule has 0 aliphatic rings. The molecule has 0 bridgehead atoms. The molecule has 0 spiro atoms. The molecule has 0 saturated carbocycles. The first-order valence-corrected chi connectivity index (χ1v) is 10.3. The molecule has 174 valence electrons. The van der Waals surface area contributed by atoms with E-state index in [1.54, 1.807) is 25.1 Å². The van der Waals surface area contributed by atoms with E-state index >= 15 is 0 Å².